The molecule has 0 atom stereocenters. The summed E-state index contributed by atoms with van der Waals surface area (Å²) in [7, 11) is 0. The van der Waals surface area contributed by atoms with Crippen molar-refractivity contribution < 1.29 is 14.3 Å². The number of nitrogens with zero attached hydrogens (tertiary/aromatic N) is 3. The van der Waals surface area contributed by atoms with Crippen LogP contribution in [0.5, 0.6) is 11.5 Å². The number of carbonyl (C=O) groups excluding carboxylic acids is 2. The highest BCUT2D eigenvalue weighted by molar-refractivity contribution is 6.30. The van der Waals surface area contributed by atoms with Crippen LogP contribution < -0.4 is 10.1 Å². The third-order valence-electron chi connectivity index (χ3n) is 6.50. The van der Waals surface area contributed by atoms with Gasteiger partial charge < -0.3 is 15.0 Å². The Morgan fingerprint density at radius 2 is 1.78 bits per heavy atom. The molecule has 1 saturated heterocycles. The van der Waals surface area contributed by atoms with Crippen LogP contribution in [0.25, 0.3) is 23.2 Å². The number of aromatic nitrogens is 2. The summed E-state index contributed by atoms with van der Waals surface area (Å²) in [6.07, 6.45) is 7.00. The Morgan fingerprint density at radius 1 is 1.03 bits per heavy atom. The molecule has 3 aromatic carbocycles. The summed E-state index contributed by atoms with van der Waals surface area (Å²) >= 11 is 5.97. The van der Waals surface area contributed by atoms with Crippen molar-refractivity contribution in [3.05, 3.63) is 83.5 Å². The van der Waals surface area contributed by atoms with Crippen molar-refractivity contribution in [1.82, 2.24) is 14.7 Å². The maximum Gasteiger partial charge on any atom is 0.227 e. The largest absolute Gasteiger partial charge is 0.457 e. The molecule has 188 valence electrons. The number of benzene rings is 3. The van der Waals surface area contributed by atoms with Gasteiger partial charge in [0, 0.05) is 60.4 Å². The topological polar surface area (TPSA) is 76.5 Å². The summed E-state index contributed by atoms with van der Waals surface area (Å²) in [5.41, 5.74) is 2.60. The van der Waals surface area contributed by atoms with Crippen LogP contribution in [0.3, 0.4) is 0 Å². The predicted molar refractivity (Wildman–Crippen MR) is 147 cm³/mol. The van der Waals surface area contributed by atoms with E-state index in [1.54, 1.807) is 16.5 Å². The lowest BCUT2D eigenvalue weighted by Crippen LogP contribution is -2.40. The number of amides is 2. The first kappa shape index (κ1) is 24.6. The average molecular weight is 515 g/mol. The minimum Gasteiger partial charge on any atom is -0.457 e. The van der Waals surface area contributed by atoms with E-state index < -0.39 is 0 Å². The first-order valence-electron chi connectivity index (χ1n) is 12.2. The van der Waals surface area contributed by atoms with Crippen LogP contribution in [0.4, 0.5) is 5.69 Å². The Morgan fingerprint density at radius 3 is 2.54 bits per heavy atom. The van der Waals surface area contributed by atoms with E-state index in [0.29, 0.717) is 48.1 Å². The van der Waals surface area contributed by atoms with Crippen molar-refractivity contribution in [2.24, 2.45) is 5.92 Å². The molecular formula is C29H27ClN4O3. The molecule has 2 heterocycles. The smallest absolute Gasteiger partial charge is 0.227 e. The minimum atomic E-state index is -0.108. The molecule has 0 unspecified atom stereocenters. The molecule has 1 aliphatic heterocycles. The number of nitrogens with one attached hydrogen (secondary N) is 1. The number of carbonyl (C=O) groups is 2. The van der Waals surface area contributed by atoms with E-state index in [2.05, 4.69) is 10.4 Å². The highest BCUT2D eigenvalue weighted by Crippen LogP contribution is 2.28. The SMILES string of the molecule is CC(=O)N1CCC(C(=O)Nc2cccc(Oc3ccc4cnn(C=Cc5ccc(Cl)cc5)c4c3)c2)CC1. The van der Waals surface area contributed by atoms with Gasteiger partial charge in [-0.15, -0.1) is 0 Å². The summed E-state index contributed by atoms with van der Waals surface area (Å²) in [6.45, 7) is 2.80. The highest BCUT2D eigenvalue weighted by Gasteiger charge is 2.26. The fourth-order valence-corrected chi connectivity index (χ4v) is 4.53. The van der Waals surface area contributed by atoms with Crippen LogP contribution in [-0.2, 0) is 9.59 Å². The number of hydrogen-bond donors (Lipinski definition) is 1. The third-order valence-corrected chi connectivity index (χ3v) is 6.75. The molecule has 1 fully saturated rings. The van der Waals surface area contributed by atoms with Gasteiger partial charge in [-0.25, -0.2) is 4.68 Å². The zero-order valence-electron chi connectivity index (χ0n) is 20.4. The molecule has 0 radical (unpaired) electrons. The average Bonchev–Trinajstić information content (AvgIpc) is 3.31. The van der Waals surface area contributed by atoms with Crippen LogP contribution in [0, 0.1) is 5.92 Å². The van der Waals surface area contributed by atoms with Gasteiger partial charge in [-0.3, -0.25) is 9.59 Å². The molecular weight excluding hydrogens is 488 g/mol. The maximum absolute atomic E-state index is 12.8. The molecule has 0 aliphatic carbocycles. The molecule has 0 saturated carbocycles. The monoisotopic (exact) mass is 514 g/mol. The van der Waals surface area contributed by atoms with E-state index in [4.69, 9.17) is 16.3 Å². The first-order valence-corrected chi connectivity index (χ1v) is 12.6. The molecule has 0 bridgehead atoms. The van der Waals surface area contributed by atoms with Crippen LogP contribution in [0.2, 0.25) is 5.02 Å². The Balaban J connectivity index is 1.26. The summed E-state index contributed by atoms with van der Waals surface area (Å²) in [5.74, 6) is 1.20. The number of hydrogen-bond acceptors (Lipinski definition) is 4. The number of anilines is 1. The Hall–Kier alpha value is -4.10. The summed E-state index contributed by atoms with van der Waals surface area (Å²) in [5, 5.41) is 9.15. The second kappa shape index (κ2) is 10.9. The normalized spacial score (nSPS) is 14.3. The summed E-state index contributed by atoms with van der Waals surface area (Å²) in [4.78, 5) is 26.1. The minimum absolute atomic E-state index is 0.0295. The van der Waals surface area contributed by atoms with E-state index in [-0.39, 0.29) is 17.7 Å². The Bertz CT molecular complexity index is 1450. The number of fused-ring (bicyclic) bond motifs is 1. The lowest BCUT2D eigenvalue weighted by molar-refractivity contribution is -0.132. The van der Waals surface area contributed by atoms with E-state index in [0.717, 1.165) is 16.5 Å². The summed E-state index contributed by atoms with van der Waals surface area (Å²) < 4.78 is 7.92. The molecule has 2 amide bonds. The first-order chi connectivity index (χ1) is 17.9. The standard InChI is InChI=1S/C29H27ClN4O3/c1-20(35)33-14-12-22(13-15-33)29(36)32-25-3-2-4-26(17-25)37-27-10-7-23-19-31-34(28(23)18-27)16-11-21-5-8-24(30)9-6-21/h2-11,16-19,22H,12-15H2,1H3,(H,32,36). The number of halogens is 1. The van der Waals surface area contributed by atoms with Gasteiger partial charge in [0.25, 0.3) is 0 Å². The van der Waals surface area contributed by atoms with Gasteiger partial charge in [0.15, 0.2) is 0 Å². The third kappa shape index (κ3) is 6.01. The van der Waals surface area contributed by atoms with E-state index in [1.807, 2.05) is 85.2 Å². The van der Waals surface area contributed by atoms with Crippen molar-refractivity contribution in [2.75, 3.05) is 18.4 Å². The number of piperidine rings is 1. The molecule has 1 aromatic heterocycles. The van der Waals surface area contributed by atoms with Crippen LogP contribution in [0.1, 0.15) is 25.3 Å². The van der Waals surface area contributed by atoms with Crippen LogP contribution in [-0.4, -0.2) is 39.6 Å². The van der Waals surface area contributed by atoms with E-state index >= 15 is 0 Å². The molecule has 5 rings (SSSR count). The Labute approximate surface area is 220 Å². The molecule has 1 N–H and O–H groups in total. The van der Waals surface area contributed by atoms with E-state index in [1.165, 1.54) is 0 Å². The van der Waals surface area contributed by atoms with Gasteiger partial charge in [-0.2, -0.15) is 5.10 Å². The molecule has 37 heavy (non-hydrogen) atoms. The van der Waals surface area contributed by atoms with Gasteiger partial charge >= 0.3 is 0 Å². The molecule has 0 spiro atoms. The number of ether oxygens (including phenoxy) is 1. The second-order valence-electron chi connectivity index (χ2n) is 9.08. The van der Waals surface area contributed by atoms with Crippen molar-refractivity contribution in [2.45, 2.75) is 19.8 Å². The predicted octanol–water partition coefficient (Wildman–Crippen LogP) is 6.31. The van der Waals surface area contributed by atoms with Gasteiger partial charge in [-0.1, -0.05) is 29.8 Å². The van der Waals surface area contributed by atoms with Crippen LogP contribution in [0.15, 0.2) is 72.9 Å². The Kier molecular flexibility index (Phi) is 7.23. The second-order valence-corrected chi connectivity index (χ2v) is 9.51. The highest BCUT2D eigenvalue weighted by atomic mass is 35.5. The van der Waals surface area contributed by atoms with Gasteiger partial charge in [-0.05, 0) is 60.9 Å². The molecule has 1 aliphatic rings. The van der Waals surface area contributed by atoms with Gasteiger partial charge in [0.1, 0.15) is 11.5 Å². The quantitative estimate of drug-likeness (QED) is 0.327. The maximum atomic E-state index is 12.8. The molecule has 7 nitrogen and oxygen atoms in total. The fraction of sp³-hybridized carbons (Fsp3) is 0.207. The van der Waals surface area contributed by atoms with Crippen molar-refractivity contribution in [1.29, 1.82) is 0 Å². The van der Waals surface area contributed by atoms with Crippen molar-refractivity contribution in [3.8, 4) is 11.5 Å². The number of likely N-dealkylation sites (tertiary alicyclic amines) is 1. The lowest BCUT2D eigenvalue weighted by atomic mass is 9.96. The van der Waals surface area contributed by atoms with Crippen molar-refractivity contribution in [3.63, 3.8) is 0 Å². The van der Waals surface area contributed by atoms with Crippen molar-refractivity contribution >= 4 is 52.3 Å². The van der Waals surface area contributed by atoms with Gasteiger partial charge in [0.05, 0.1) is 11.7 Å². The zero-order chi connectivity index (χ0) is 25.8. The fourth-order valence-electron chi connectivity index (χ4n) is 4.40. The molecule has 8 heteroatoms. The number of rotatable bonds is 6. The van der Waals surface area contributed by atoms with Gasteiger partial charge in [0.2, 0.25) is 11.8 Å². The zero-order valence-corrected chi connectivity index (χ0v) is 21.2. The summed E-state index contributed by atoms with van der Waals surface area (Å²) in [6, 6.07) is 20.7. The lowest BCUT2D eigenvalue weighted by Gasteiger charge is -2.30. The molecule has 4 aromatic rings. The van der Waals surface area contributed by atoms with E-state index in [9.17, 15) is 9.59 Å². The van der Waals surface area contributed by atoms with Crippen LogP contribution >= 0.6 is 11.6 Å².